The smallest absolute Gasteiger partial charge is 0.378 e. The Labute approximate surface area is 191 Å². The Kier molecular flexibility index (Phi) is 7.35. The number of sulfonamides is 1. The molecular weight excluding hydrogens is 457 g/mol. The number of alkyl halides is 3. The summed E-state index contributed by atoms with van der Waals surface area (Å²) in [4.78, 5) is 15.9. The van der Waals surface area contributed by atoms with E-state index in [1.807, 2.05) is 6.92 Å². The minimum Gasteiger partial charge on any atom is -0.378 e. The number of nitrogens with zero attached hydrogens (tertiary/aromatic N) is 3. The van der Waals surface area contributed by atoms with Crippen LogP contribution in [0.3, 0.4) is 0 Å². The summed E-state index contributed by atoms with van der Waals surface area (Å²) in [6.07, 6.45) is -4.62. The number of carbonyl (C=O) groups excluding carboxylic acids is 1. The summed E-state index contributed by atoms with van der Waals surface area (Å²) in [5.41, 5.74) is 0.0933. The van der Waals surface area contributed by atoms with Crippen molar-refractivity contribution in [2.75, 3.05) is 57.0 Å². The predicted octanol–water partition coefficient (Wildman–Crippen LogP) is 3.02. The van der Waals surface area contributed by atoms with Crippen LogP contribution in [0.4, 0.5) is 24.5 Å². The normalized spacial score (nSPS) is 15.9. The Hall–Kier alpha value is -2.63. The zero-order valence-corrected chi connectivity index (χ0v) is 19.5. The molecule has 2 aromatic carbocycles. The number of benzene rings is 2. The Balaban J connectivity index is 1.61. The summed E-state index contributed by atoms with van der Waals surface area (Å²) in [5, 5.41) is 2.35. The van der Waals surface area contributed by atoms with Crippen LogP contribution >= 0.6 is 0 Å². The van der Waals surface area contributed by atoms with Crippen molar-refractivity contribution in [3.63, 3.8) is 0 Å². The van der Waals surface area contributed by atoms with E-state index in [2.05, 4.69) is 5.32 Å². The standard InChI is InChI=1S/C22H27F3N4O3S/c1-16-4-7-18(8-5-16)33(31,32)29-12-10-28(11-13-29)15-21(30)26-20-9-6-17(27(2)3)14-19(20)22(23,24)25/h4-9,14H,10-13,15H2,1-3H3,(H,26,30). The van der Waals surface area contributed by atoms with Crippen LogP contribution in [-0.4, -0.2) is 70.3 Å². The molecule has 1 aliphatic rings. The summed E-state index contributed by atoms with van der Waals surface area (Å²) >= 11 is 0. The van der Waals surface area contributed by atoms with Gasteiger partial charge in [-0.25, -0.2) is 8.42 Å². The number of piperazine rings is 1. The van der Waals surface area contributed by atoms with Gasteiger partial charge in [0.25, 0.3) is 0 Å². The van der Waals surface area contributed by atoms with Crippen LogP contribution in [0.2, 0.25) is 0 Å². The molecule has 7 nitrogen and oxygen atoms in total. The molecule has 0 saturated carbocycles. The first-order chi connectivity index (χ1) is 15.4. The highest BCUT2D eigenvalue weighted by molar-refractivity contribution is 7.89. The average molecular weight is 485 g/mol. The number of halogens is 3. The number of anilines is 2. The Morgan fingerprint density at radius 1 is 1.03 bits per heavy atom. The van der Waals surface area contributed by atoms with Crippen LogP contribution < -0.4 is 10.2 Å². The van der Waals surface area contributed by atoms with Gasteiger partial charge in [-0.1, -0.05) is 17.7 Å². The fourth-order valence-corrected chi connectivity index (χ4v) is 4.96. The largest absolute Gasteiger partial charge is 0.418 e. The molecule has 0 atom stereocenters. The van der Waals surface area contributed by atoms with E-state index in [4.69, 9.17) is 0 Å². The van der Waals surface area contributed by atoms with Crippen molar-refractivity contribution in [1.29, 1.82) is 0 Å². The minimum absolute atomic E-state index is 0.134. The van der Waals surface area contributed by atoms with Gasteiger partial charge in [0.1, 0.15) is 0 Å². The maximum Gasteiger partial charge on any atom is 0.418 e. The second-order valence-electron chi connectivity index (χ2n) is 8.16. The summed E-state index contributed by atoms with van der Waals surface area (Å²) in [6, 6.07) is 10.3. The summed E-state index contributed by atoms with van der Waals surface area (Å²) < 4.78 is 67.4. The predicted molar refractivity (Wildman–Crippen MR) is 121 cm³/mol. The lowest BCUT2D eigenvalue weighted by molar-refractivity contribution is -0.136. The van der Waals surface area contributed by atoms with Gasteiger partial charge in [-0.2, -0.15) is 17.5 Å². The fourth-order valence-electron chi connectivity index (χ4n) is 3.53. The first-order valence-corrected chi connectivity index (χ1v) is 11.8. The van der Waals surface area contributed by atoms with Crippen molar-refractivity contribution in [1.82, 2.24) is 9.21 Å². The molecule has 2 aromatic rings. The van der Waals surface area contributed by atoms with Crippen molar-refractivity contribution < 1.29 is 26.4 Å². The van der Waals surface area contributed by atoms with E-state index in [-0.39, 0.29) is 30.2 Å². The van der Waals surface area contributed by atoms with Gasteiger partial charge < -0.3 is 10.2 Å². The number of aryl methyl sites for hydroxylation is 1. The molecular formula is C22H27F3N4O3S. The Morgan fingerprint density at radius 2 is 1.64 bits per heavy atom. The van der Waals surface area contributed by atoms with Gasteiger partial charge in [0.05, 0.1) is 22.7 Å². The molecule has 0 aromatic heterocycles. The van der Waals surface area contributed by atoms with E-state index in [0.717, 1.165) is 11.6 Å². The molecule has 33 heavy (non-hydrogen) atoms. The van der Waals surface area contributed by atoms with Gasteiger partial charge in [-0.3, -0.25) is 9.69 Å². The third-order valence-electron chi connectivity index (χ3n) is 5.46. The quantitative estimate of drug-likeness (QED) is 0.683. The van der Waals surface area contributed by atoms with Gasteiger partial charge in [-0.05, 0) is 37.3 Å². The molecule has 0 bridgehead atoms. The number of rotatable bonds is 6. The zero-order valence-electron chi connectivity index (χ0n) is 18.7. The lowest BCUT2D eigenvalue weighted by Crippen LogP contribution is -2.50. The summed E-state index contributed by atoms with van der Waals surface area (Å²) in [6.45, 7) is 2.71. The number of hydrogen-bond donors (Lipinski definition) is 1. The second kappa shape index (κ2) is 9.70. The van der Waals surface area contributed by atoms with E-state index in [1.54, 1.807) is 48.2 Å². The molecule has 1 N–H and O–H groups in total. The first-order valence-electron chi connectivity index (χ1n) is 10.4. The van der Waals surface area contributed by atoms with Crippen LogP contribution in [-0.2, 0) is 21.0 Å². The van der Waals surface area contributed by atoms with Crippen molar-refractivity contribution >= 4 is 27.3 Å². The Bertz CT molecular complexity index is 1090. The van der Waals surface area contributed by atoms with Crippen molar-refractivity contribution in [2.45, 2.75) is 18.0 Å². The summed E-state index contributed by atoms with van der Waals surface area (Å²) in [7, 11) is -0.373. The average Bonchev–Trinajstić information content (AvgIpc) is 2.73. The molecule has 1 saturated heterocycles. The molecule has 0 unspecified atom stereocenters. The number of nitrogens with one attached hydrogen (secondary N) is 1. The Morgan fingerprint density at radius 3 is 2.18 bits per heavy atom. The molecule has 3 rings (SSSR count). The molecule has 0 radical (unpaired) electrons. The summed E-state index contributed by atoms with van der Waals surface area (Å²) in [5.74, 6) is -0.590. The van der Waals surface area contributed by atoms with E-state index in [0.29, 0.717) is 18.8 Å². The molecule has 180 valence electrons. The molecule has 11 heteroatoms. The van der Waals surface area contributed by atoms with Crippen LogP contribution in [0.25, 0.3) is 0 Å². The van der Waals surface area contributed by atoms with Gasteiger partial charge in [0.2, 0.25) is 15.9 Å². The van der Waals surface area contributed by atoms with Crippen molar-refractivity contribution in [3.8, 4) is 0 Å². The highest BCUT2D eigenvalue weighted by Crippen LogP contribution is 2.37. The lowest BCUT2D eigenvalue weighted by atomic mass is 10.1. The van der Waals surface area contributed by atoms with Crippen LogP contribution in [0.15, 0.2) is 47.4 Å². The number of carbonyl (C=O) groups is 1. The third-order valence-corrected chi connectivity index (χ3v) is 7.37. The topological polar surface area (TPSA) is 73.0 Å². The van der Waals surface area contributed by atoms with E-state index < -0.39 is 27.7 Å². The molecule has 1 fully saturated rings. The molecule has 1 heterocycles. The van der Waals surface area contributed by atoms with Gasteiger partial charge in [0, 0.05) is 46.0 Å². The molecule has 0 spiro atoms. The first kappa shape index (κ1) is 25.0. The molecule has 0 aliphatic carbocycles. The second-order valence-corrected chi connectivity index (χ2v) is 10.1. The number of amides is 1. The van der Waals surface area contributed by atoms with Gasteiger partial charge in [-0.15, -0.1) is 0 Å². The van der Waals surface area contributed by atoms with Crippen molar-refractivity contribution in [3.05, 3.63) is 53.6 Å². The van der Waals surface area contributed by atoms with Crippen molar-refractivity contribution in [2.24, 2.45) is 0 Å². The fraction of sp³-hybridized carbons (Fsp3) is 0.409. The highest BCUT2D eigenvalue weighted by Gasteiger charge is 2.35. The molecule has 1 aliphatic heterocycles. The van der Waals surface area contributed by atoms with E-state index in [1.165, 1.54) is 16.4 Å². The number of hydrogen-bond acceptors (Lipinski definition) is 5. The van der Waals surface area contributed by atoms with E-state index in [9.17, 15) is 26.4 Å². The highest BCUT2D eigenvalue weighted by atomic mass is 32.2. The van der Waals surface area contributed by atoms with Crippen LogP contribution in [0.1, 0.15) is 11.1 Å². The monoisotopic (exact) mass is 484 g/mol. The van der Waals surface area contributed by atoms with Gasteiger partial charge >= 0.3 is 6.18 Å². The lowest BCUT2D eigenvalue weighted by Gasteiger charge is -2.33. The van der Waals surface area contributed by atoms with Crippen LogP contribution in [0.5, 0.6) is 0 Å². The molecule has 1 amide bonds. The van der Waals surface area contributed by atoms with Gasteiger partial charge in [0.15, 0.2) is 0 Å². The maximum atomic E-state index is 13.5. The third kappa shape index (κ3) is 6.04. The zero-order chi connectivity index (χ0) is 24.4. The minimum atomic E-state index is -4.62. The van der Waals surface area contributed by atoms with Crippen LogP contribution in [0, 0.1) is 6.92 Å². The van der Waals surface area contributed by atoms with E-state index >= 15 is 0 Å². The maximum absolute atomic E-state index is 13.5. The SMILES string of the molecule is Cc1ccc(S(=O)(=O)N2CCN(CC(=O)Nc3ccc(N(C)C)cc3C(F)(F)F)CC2)cc1.